The Bertz CT molecular complexity index is 1100. The van der Waals surface area contributed by atoms with E-state index in [1.807, 2.05) is 60.7 Å². The first kappa shape index (κ1) is 23.9. The van der Waals surface area contributed by atoms with E-state index in [1.54, 1.807) is 6.08 Å². The highest BCUT2D eigenvalue weighted by atomic mass is 35.5. The maximum atomic E-state index is 13.4. The number of benzene rings is 2. The van der Waals surface area contributed by atoms with Crippen LogP contribution in [-0.2, 0) is 16.1 Å². The Morgan fingerprint density at radius 3 is 2.50 bits per heavy atom. The fourth-order valence-corrected chi connectivity index (χ4v) is 4.78. The van der Waals surface area contributed by atoms with Gasteiger partial charge in [-0.05, 0) is 36.6 Å². The Morgan fingerprint density at radius 1 is 1.09 bits per heavy atom. The predicted molar refractivity (Wildman–Crippen MR) is 134 cm³/mol. The van der Waals surface area contributed by atoms with E-state index in [1.165, 1.54) is 5.56 Å². The molecule has 2 N–H and O–H groups in total. The van der Waals surface area contributed by atoms with Gasteiger partial charge in [-0.1, -0.05) is 84.4 Å². The molecule has 1 heterocycles. The molecule has 0 bridgehead atoms. The number of carboxylic acid groups (broad SMARTS) is 1. The summed E-state index contributed by atoms with van der Waals surface area (Å²) in [4.78, 5) is 31.3. The van der Waals surface area contributed by atoms with Crippen LogP contribution in [0.5, 0.6) is 0 Å². The molecular weight excluding hydrogens is 450 g/mol. The van der Waals surface area contributed by atoms with Gasteiger partial charge in [0.1, 0.15) is 6.54 Å². The van der Waals surface area contributed by atoms with Crippen LogP contribution in [0.15, 0.2) is 88.9 Å². The van der Waals surface area contributed by atoms with Crippen molar-refractivity contribution in [3.05, 3.63) is 95.1 Å². The van der Waals surface area contributed by atoms with Crippen LogP contribution in [0.1, 0.15) is 24.0 Å². The first-order chi connectivity index (χ1) is 16.5. The summed E-state index contributed by atoms with van der Waals surface area (Å²) in [6.07, 6.45) is 7.22. The lowest BCUT2D eigenvalue weighted by atomic mass is 9.86. The summed E-state index contributed by atoms with van der Waals surface area (Å²) in [6.45, 7) is 1.24. The van der Waals surface area contributed by atoms with Crippen molar-refractivity contribution >= 4 is 29.2 Å². The Labute approximate surface area is 204 Å². The first-order valence-corrected chi connectivity index (χ1v) is 11.8. The molecule has 1 fully saturated rings. The van der Waals surface area contributed by atoms with Gasteiger partial charge in [-0.25, -0.2) is 0 Å². The van der Waals surface area contributed by atoms with Crippen LogP contribution in [0.25, 0.3) is 0 Å². The molecule has 7 heteroatoms. The van der Waals surface area contributed by atoms with Crippen molar-refractivity contribution in [2.75, 3.05) is 13.1 Å². The number of hydrogen-bond acceptors (Lipinski definition) is 4. The molecule has 2 unspecified atom stereocenters. The Balaban J connectivity index is 1.54. The molecule has 176 valence electrons. The molecule has 3 atom stereocenters. The molecule has 0 saturated carbocycles. The summed E-state index contributed by atoms with van der Waals surface area (Å²) in [5.41, 5.74) is 2.57. The number of carboxylic acids is 1. The number of carbonyl (C=O) groups is 2. The lowest BCUT2D eigenvalue weighted by molar-refractivity contribution is -0.135. The largest absolute Gasteiger partial charge is 0.480 e. The third-order valence-electron chi connectivity index (χ3n) is 6.16. The molecule has 4 rings (SSSR count). The van der Waals surface area contributed by atoms with E-state index in [2.05, 4.69) is 27.3 Å². The first-order valence-electron chi connectivity index (χ1n) is 11.5. The van der Waals surface area contributed by atoms with Gasteiger partial charge in [0.25, 0.3) is 0 Å². The molecule has 0 spiro atoms. The molecule has 0 radical (unpaired) electrons. The minimum absolute atomic E-state index is 0.0369. The van der Waals surface area contributed by atoms with Crippen molar-refractivity contribution in [2.45, 2.75) is 31.5 Å². The number of nitrogens with one attached hydrogen (secondary N) is 1. The highest BCUT2D eigenvalue weighted by molar-refractivity contribution is 6.31. The number of nitrogens with zero attached hydrogens (tertiary/aromatic N) is 2. The summed E-state index contributed by atoms with van der Waals surface area (Å²) in [6, 6.07) is 19.0. The van der Waals surface area contributed by atoms with Crippen molar-refractivity contribution in [1.29, 1.82) is 0 Å². The summed E-state index contributed by atoms with van der Waals surface area (Å²) in [7, 11) is 0. The third-order valence-corrected chi connectivity index (χ3v) is 6.41. The Kier molecular flexibility index (Phi) is 7.93. The van der Waals surface area contributed by atoms with E-state index in [0.717, 1.165) is 31.5 Å². The fourth-order valence-electron chi connectivity index (χ4n) is 4.57. The summed E-state index contributed by atoms with van der Waals surface area (Å²) < 4.78 is 0. The molecule has 1 aliphatic carbocycles. The van der Waals surface area contributed by atoms with E-state index in [4.69, 9.17) is 11.6 Å². The van der Waals surface area contributed by atoms with E-state index in [9.17, 15) is 14.7 Å². The third kappa shape index (κ3) is 6.01. The van der Waals surface area contributed by atoms with E-state index in [0.29, 0.717) is 10.7 Å². The molecule has 2 aromatic rings. The standard InChI is InChI=1S/C27H28ClN3O3/c28-21-13-14-23(22(16-21)26(29-17-25(32)33)20-10-5-2-6-11-20)30-27(34)24-12-7-15-31(24)18-19-8-3-1-4-9-19/h1-6,8-11,13-14,16,22-24H,7,12,15,17-18H2,(H,30,34)(H,32,33)/t22?,23?,24-/m1/s1. The maximum absolute atomic E-state index is 13.4. The second kappa shape index (κ2) is 11.3. The zero-order valence-electron chi connectivity index (χ0n) is 18.8. The van der Waals surface area contributed by atoms with Gasteiger partial charge >= 0.3 is 5.97 Å². The summed E-state index contributed by atoms with van der Waals surface area (Å²) in [5.74, 6) is -1.43. The summed E-state index contributed by atoms with van der Waals surface area (Å²) in [5, 5.41) is 12.9. The van der Waals surface area contributed by atoms with Crippen LogP contribution in [-0.4, -0.2) is 52.8 Å². The number of hydrogen-bond donors (Lipinski definition) is 2. The number of rotatable bonds is 8. The number of aliphatic imine (C=N–C) groups is 1. The highest BCUT2D eigenvalue weighted by Gasteiger charge is 2.34. The fraction of sp³-hybridized carbons (Fsp3) is 0.296. The van der Waals surface area contributed by atoms with Crippen LogP contribution in [0, 0.1) is 5.92 Å². The average molecular weight is 478 g/mol. The topological polar surface area (TPSA) is 82.0 Å². The lowest BCUT2D eigenvalue weighted by Crippen LogP contribution is -2.49. The van der Waals surface area contributed by atoms with Gasteiger partial charge in [0.05, 0.1) is 17.8 Å². The van der Waals surface area contributed by atoms with Crippen LogP contribution < -0.4 is 5.32 Å². The maximum Gasteiger partial charge on any atom is 0.325 e. The van der Waals surface area contributed by atoms with Crippen LogP contribution in [0.2, 0.25) is 0 Å². The molecule has 6 nitrogen and oxygen atoms in total. The Hall–Kier alpha value is -3.22. The van der Waals surface area contributed by atoms with Gasteiger partial charge in [0.2, 0.25) is 5.91 Å². The van der Waals surface area contributed by atoms with Crippen LogP contribution in [0.3, 0.4) is 0 Å². The summed E-state index contributed by atoms with van der Waals surface area (Å²) >= 11 is 6.33. The number of carbonyl (C=O) groups excluding carboxylic acids is 1. The quantitative estimate of drug-likeness (QED) is 0.563. The zero-order valence-corrected chi connectivity index (χ0v) is 19.6. The average Bonchev–Trinajstić information content (AvgIpc) is 3.30. The molecule has 2 aromatic carbocycles. The lowest BCUT2D eigenvalue weighted by Gasteiger charge is -2.30. The van der Waals surface area contributed by atoms with Gasteiger partial charge in [0.15, 0.2) is 0 Å². The monoisotopic (exact) mass is 477 g/mol. The molecule has 1 aliphatic heterocycles. The van der Waals surface area contributed by atoms with Gasteiger partial charge in [0, 0.05) is 17.5 Å². The number of allylic oxidation sites excluding steroid dienone is 2. The highest BCUT2D eigenvalue weighted by Crippen LogP contribution is 2.26. The normalized spacial score (nSPS) is 22.9. The van der Waals surface area contributed by atoms with E-state index in [-0.39, 0.29) is 30.5 Å². The Morgan fingerprint density at radius 2 is 1.79 bits per heavy atom. The molecule has 2 aliphatic rings. The predicted octanol–water partition coefficient (Wildman–Crippen LogP) is 4.02. The number of aliphatic carboxylic acids is 1. The second-order valence-corrected chi connectivity index (χ2v) is 8.98. The van der Waals surface area contributed by atoms with Gasteiger partial charge in [-0.2, -0.15) is 0 Å². The van der Waals surface area contributed by atoms with Crippen molar-refractivity contribution in [3.8, 4) is 0 Å². The van der Waals surface area contributed by atoms with Crippen LogP contribution >= 0.6 is 11.6 Å². The van der Waals surface area contributed by atoms with E-state index >= 15 is 0 Å². The molecule has 34 heavy (non-hydrogen) atoms. The second-order valence-electron chi connectivity index (χ2n) is 8.55. The van der Waals surface area contributed by atoms with Crippen LogP contribution in [0.4, 0.5) is 0 Å². The smallest absolute Gasteiger partial charge is 0.325 e. The number of likely N-dealkylation sites (tertiary alicyclic amines) is 1. The number of halogens is 1. The molecule has 1 amide bonds. The van der Waals surface area contributed by atoms with Gasteiger partial charge in [-0.15, -0.1) is 0 Å². The van der Waals surface area contributed by atoms with Crippen molar-refractivity contribution in [2.24, 2.45) is 10.9 Å². The van der Waals surface area contributed by atoms with Crippen molar-refractivity contribution in [1.82, 2.24) is 10.2 Å². The number of amides is 1. The zero-order chi connectivity index (χ0) is 23.9. The van der Waals surface area contributed by atoms with Gasteiger partial charge < -0.3 is 10.4 Å². The molecule has 1 saturated heterocycles. The van der Waals surface area contributed by atoms with Gasteiger partial charge in [-0.3, -0.25) is 19.5 Å². The molecular formula is C27H28ClN3O3. The minimum atomic E-state index is -1.02. The van der Waals surface area contributed by atoms with Crippen molar-refractivity contribution < 1.29 is 14.7 Å². The van der Waals surface area contributed by atoms with Crippen molar-refractivity contribution in [3.63, 3.8) is 0 Å². The minimum Gasteiger partial charge on any atom is -0.480 e. The SMILES string of the molecule is O=C(O)CN=C(c1ccccc1)C1C=C(Cl)C=CC1NC(=O)[C@H]1CCCN1Cc1ccccc1. The molecule has 0 aromatic heterocycles. The van der Waals surface area contributed by atoms with E-state index < -0.39 is 5.97 Å².